The molecule has 10 rings (SSSR count). The fraction of sp³-hybridized carbons (Fsp3) is 0.0833. The van der Waals surface area contributed by atoms with Gasteiger partial charge in [0.2, 0.25) is 0 Å². The van der Waals surface area contributed by atoms with E-state index in [0.29, 0.717) is 0 Å². The van der Waals surface area contributed by atoms with Crippen LogP contribution >= 0.6 is 0 Å². The highest BCUT2D eigenvalue weighted by Gasteiger charge is 2.52. The Kier molecular flexibility index (Phi) is 5.91. The third-order valence-corrected chi connectivity index (χ3v) is 11.1. The fourth-order valence-corrected chi connectivity index (χ4v) is 8.87. The Morgan fingerprint density at radius 2 is 1.06 bits per heavy atom. The van der Waals surface area contributed by atoms with E-state index in [1.54, 1.807) is 0 Å². The zero-order valence-electron chi connectivity index (χ0n) is 28.0. The quantitative estimate of drug-likeness (QED) is 0.189. The summed E-state index contributed by atoms with van der Waals surface area (Å²) in [5.41, 5.74) is 17.7. The molecule has 0 aromatic heterocycles. The van der Waals surface area contributed by atoms with Crippen LogP contribution in [0, 0.1) is 20.8 Å². The molecule has 0 radical (unpaired) electrons. The molecular weight excluding hydrogens is 591 g/mol. The number of hydrogen-bond acceptors (Lipinski definition) is 1. The lowest BCUT2D eigenvalue weighted by Gasteiger charge is -2.32. The molecule has 8 aromatic carbocycles. The van der Waals surface area contributed by atoms with Crippen molar-refractivity contribution in [2.75, 3.05) is 4.90 Å². The van der Waals surface area contributed by atoms with Crippen LogP contribution in [0.2, 0.25) is 0 Å². The third-order valence-electron chi connectivity index (χ3n) is 11.1. The predicted molar refractivity (Wildman–Crippen MR) is 207 cm³/mol. The van der Waals surface area contributed by atoms with Gasteiger partial charge < -0.3 is 4.90 Å². The molecule has 0 N–H and O–H groups in total. The SMILES string of the molecule is Cc1ccc(N(c2ccc3cc4c(cc3c2)C2(c3ccccc3-c3ccccc32)c2c-4ccc3ccccc23)c2cc(C)ccc2C)cc1. The second-order valence-electron chi connectivity index (χ2n) is 13.9. The molecule has 0 saturated carbocycles. The molecule has 0 saturated heterocycles. The van der Waals surface area contributed by atoms with E-state index in [0.717, 1.165) is 11.4 Å². The Morgan fingerprint density at radius 3 is 1.84 bits per heavy atom. The van der Waals surface area contributed by atoms with Crippen LogP contribution in [0.15, 0.2) is 158 Å². The number of rotatable bonds is 3. The van der Waals surface area contributed by atoms with Crippen LogP contribution in [0.4, 0.5) is 17.1 Å². The number of aryl methyl sites for hydroxylation is 3. The van der Waals surface area contributed by atoms with Crippen molar-refractivity contribution in [3.8, 4) is 22.3 Å². The highest BCUT2D eigenvalue weighted by molar-refractivity contribution is 6.06. The van der Waals surface area contributed by atoms with Crippen LogP contribution in [0.25, 0.3) is 43.8 Å². The molecule has 8 aromatic rings. The molecule has 0 heterocycles. The highest BCUT2D eigenvalue weighted by atomic mass is 15.1. The molecular formula is C48H35N. The molecule has 232 valence electrons. The molecule has 0 amide bonds. The van der Waals surface area contributed by atoms with E-state index in [-0.39, 0.29) is 0 Å². The van der Waals surface area contributed by atoms with Crippen LogP contribution in [-0.2, 0) is 5.41 Å². The van der Waals surface area contributed by atoms with Crippen LogP contribution in [0.5, 0.6) is 0 Å². The summed E-state index contributed by atoms with van der Waals surface area (Å²) < 4.78 is 0. The van der Waals surface area contributed by atoms with Gasteiger partial charge in [0, 0.05) is 17.1 Å². The zero-order valence-corrected chi connectivity index (χ0v) is 28.0. The monoisotopic (exact) mass is 625 g/mol. The smallest absolute Gasteiger partial charge is 0.0731 e. The van der Waals surface area contributed by atoms with Crippen molar-refractivity contribution in [3.63, 3.8) is 0 Å². The van der Waals surface area contributed by atoms with Gasteiger partial charge in [0.15, 0.2) is 0 Å². The van der Waals surface area contributed by atoms with Gasteiger partial charge >= 0.3 is 0 Å². The van der Waals surface area contributed by atoms with E-state index >= 15 is 0 Å². The van der Waals surface area contributed by atoms with E-state index < -0.39 is 5.41 Å². The minimum atomic E-state index is -0.410. The van der Waals surface area contributed by atoms with Crippen LogP contribution in [0.3, 0.4) is 0 Å². The standard InChI is InChI=1S/C48H35N/c1-30-17-22-36(23-18-30)49(46-26-31(2)16-19-32(46)3)37-24-20-34-28-42-41-25-21-33-10-4-5-11-38(33)47(41)48(45(42)29-35(34)27-37)43-14-8-6-12-39(43)40-13-7-9-15-44(40)48/h4-29H,1-3H3. The summed E-state index contributed by atoms with van der Waals surface area (Å²) in [4.78, 5) is 2.42. The Morgan fingerprint density at radius 1 is 0.408 bits per heavy atom. The van der Waals surface area contributed by atoms with Gasteiger partial charge in [-0.15, -0.1) is 0 Å². The second-order valence-corrected chi connectivity index (χ2v) is 13.9. The summed E-state index contributed by atoms with van der Waals surface area (Å²) in [5, 5.41) is 5.11. The lowest BCUT2D eigenvalue weighted by atomic mass is 9.69. The van der Waals surface area contributed by atoms with Crippen molar-refractivity contribution in [1.29, 1.82) is 0 Å². The predicted octanol–water partition coefficient (Wildman–Crippen LogP) is 12.7. The first kappa shape index (κ1) is 28.1. The number of hydrogen-bond donors (Lipinski definition) is 0. The zero-order chi connectivity index (χ0) is 32.9. The Bertz CT molecular complexity index is 2600. The molecule has 0 unspecified atom stereocenters. The van der Waals surface area contributed by atoms with E-state index in [4.69, 9.17) is 0 Å². The van der Waals surface area contributed by atoms with Gasteiger partial charge in [0.1, 0.15) is 0 Å². The topological polar surface area (TPSA) is 3.24 Å². The Labute approximate surface area is 287 Å². The molecule has 49 heavy (non-hydrogen) atoms. The first-order valence-corrected chi connectivity index (χ1v) is 17.3. The van der Waals surface area contributed by atoms with E-state index in [1.807, 2.05) is 0 Å². The maximum absolute atomic E-state index is 2.51. The van der Waals surface area contributed by atoms with Crippen molar-refractivity contribution in [1.82, 2.24) is 0 Å². The number of anilines is 3. The second kappa shape index (κ2) is 10.3. The van der Waals surface area contributed by atoms with Crippen LogP contribution in [0.1, 0.15) is 38.9 Å². The number of nitrogens with zero attached hydrogens (tertiary/aromatic N) is 1. The Hall–Kier alpha value is -5.92. The molecule has 2 aliphatic carbocycles. The van der Waals surface area contributed by atoms with Crippen LogP contribution < -0.4 is 4.90 Å². The van der Waals surface area contributed by atoms with E-state index in [1.165, 1.54) is 88.4 Å². The Balaban J connectivity index is 1.28. The van der Waals surface area contributed by atoms with Crippen molar-refractivity contribution in [2.24, 2.45) is 0 Å². The van der Waals surface area contributed by atoms with Gasteiger partial charge in [-0.2, -0.15) is 0 Å². The first-order chi connectivity index (χ1) is 24.0. The highest BCUT2D eigenvalue weighted by Crippen LogP contribution is 2.64. The summed E-state index contributed by atoms with van der Waals surface area (Å²) in [6, 6.07) is 59.4. The maximum atomic E-state index is 2.51. The number of benzene rings is 8. The molecule has 2 aliphatic rings. The molecule has 0 aliphatic heterocycles. The molecule has 0 atom stereocenters. The van der Waals surface area contributed by atoms with Gasteiger partial charge in [0.25, 0.3) is 0 Å². The van der Waals surface area contributed by atoms with Crippen molar-refractivity contribution >= 4 is 38.6 Å². The van der Waals surface area contributed by atoms with E-state index in [2.05, 4.69) is 183 Å². The average Bonchev–Trinajstić information content (AvgIpc) is 3.60. The van der Waals surface area contributed by atoms with Crippen molar-refractivity contribution < 1.29 is 0 Å². The van der Waals surface area contributed by atoms with Gasteiger partial charge in [-0.25, -0.2) is 0 Å². The molecule has 0 fully saturated rings. The van der Waals surface area contributed by atoms with Gasteiger partial charge in [0.05, 0.1) is 5.41 Å². The lowest BCUT2D eigenvalue weighted by Crippen LogP contribution is -2.26. The summed E-state index contributed by atoms with van der Waals surface area (Å²) >= 11 is 0. The maximum Gasteiger partial charge on any atom is 0.0731 e. The van der Waals surface area contributed by atoms with E-state index in [9.17, 15) is 0 Å². The fourth-order valence-electron chi connectivity index (χ4n) is 8.87. The lowest BCUT2D eigenvalue weighted by molar-refractivity contribution is 0.802. The minimum Gasteiger partial charge on any atom is -0.310 e. The summed E-state index contributed by atoms with van der Waals surface area (Å²) in [7, 11) is 0. The van der Waals surface area contributed by atoms with Gasteiger partial charge in [-0.3, -0.25) is 0 Å². The normalized spacial score (nSPS) is 13.4. The third kappa shape index (κ3) is 3.87. The summed E-state index contributed by atoms with van der Waals surface area (Å²) in [5.74, 6) is 0. The molecule has 0 bridgehead atoms. The van der Waals surface area contributed by atoms with Gasteiger partial charge in [-0.05, 0) is 140 Å². The first-order valence-electron chi connectivity index (χ1n) is 17.3. The molecule has 1 nitrogen and oxygen atoms in total. The molecule has 1 heteroatoms. The minimum absolute atomic E-state index is 0.410. The summed E-state index contributed by atoms with van der Waals surface area (Å²) in [6.07, 6.45) is 0. The average molecular weight is 626 g/mol. The summed E-state index contributed by atoms with van der Waals surface area (Å²) in [6.45, 7) is 6.54. The molecule has 1 spiro atoms. The van der Waals surface area contributed by atoms with Gasteiger partial charge in [-0.1, -0.05) is 121 Å². The van der Waals surface area contributed by atoms with Crippen molar-refractivity contribution in [2.45, 2.75) is 26.2 Å². The van der Waals surface area contributed by atoms with Crippen molar-refractivity contribution in [3.05, 3.63) is 197 Å². The van der Waals surface area contributed by atoms with Crippen LogP contribution in [-0.4, -0.2) is 0 Å². The largest absolute Gasteiger partial charge is 0.310 e. The number of fused-ring (bicyclic) bond motifs is 13.